The van der Waals surface area contributed by atoms with E-state index in [2.05, 4.69) is 59.3 Å². The molecule has 34 heavy (non-hydrogen) atoms. The molecule has 186 valence electrons. The van der Waals surface area contributed by atoms with Gasteiger partial charge in [-0.15, -0.1) is 12.3 Å². The van der Waals surface area contributed by atoms with Crippen LogP contribution in [0.5, 0.6) is 0 Å². The summed E-state index contributed by atoms with van der Waals surface area (Å²) in [7, 11) is -3.30. The average molecular weight is 527 g/mol. The number of thiol groups is 2. The molecule has 3 aromatic rings. The van der Waals surface area contributed by atoms with Crippen molar-refractivity contribution in [2.75, 3.05) is 6.26 Å². The highest BCUT2D eigenvalue weighted by Gasteiger charge is 2.18. The Morgan fingerprint density at radius 3 is 1.82 bits per heavy atom. The summed E-state index contributed by atoms with van der Waals surface area (Å²) >= 11 is 6.21. The Kier molecular flexibility index (Phi) is 18.9. The topological polar surface area (TPSA) is 180 Å². The summed E-state index contributed by atoms with van der Waals surface area (Å²) in [6, 6.07) is 16.7. The lowest BCUT2D eigenvalue weighted by Crippen LogP contribution is -1.99. The van der Waals surface area contributed by atoms with Crippen LogP contribution >= 0.6 is 25.3 Å². The highest BCUT2D eigenvalue weighted by Crippen LogP contribution is 2.33. The van der Waals surface area contributed by atoms with Crippen molar-refractivity contribution in [1.82, 2.24) is 10.2 Å². The van der Waals surface area contributed by atoms with Crippen molar-refractivity contribution in [2.24, 2.45) is 11.5 Å². The van der Waals surface area contributed by atoms with Gasteiger partial charge in [-0.1, -0.05) is 81.2 Å². The highest BCUT2D eigenvalue weighted by molar-refractivity contribution is 7.96. The molecule has 7 N–H and O–H groups in total. The molecule has 1 heterocycles. The first-order valence-electron chi connectivity index (χ1n) is 8.68. The van der Waals surface area contributed by atoms with Crippen molar-refractivity contribution in [3.63, 3.8) is 0 Å². The maximum Gasteiger partial charge on any atom is 0.273 e. The third-order valence-electron chi connectivity index (χ3n) is 3.28. The third kappa shape index (κ3) is 14.0. The first kappa shape index (κ1) is 35.4. The van der Waals surface area contributed by atoms with Gasteiger partial charge >= 0.3 is 0 Å². The number of aromatic nitrogens is 2. The molecule has 0 saturated carbocycles. The minimum Gasteiger partial charge on any atom is -0.412 e. The molecule has 0 aliphatic rings. The van der Waals surface area contributed by atoms with Crippen LogP contribution < -0.4 is 11.5 Å². The van der Waals surface area contributed by atoms with Crippen molar-refractivity contribution in [1.29, 1.82) is 0 Å². The second-order valence-electron chi connectivity index (χ2n) is 5.76. The monoisotopic (exact) mass is 526 g/mol. The van der Waals surface area contributed by atoms with E-state index in [1.807, 2.05) is 36.4 Å². The van der Waals surface area contributed by atoms with Crippen LogP contribution in [0.1, 0.15) is 14.4 Å². The molecule has 0 aliphatic carbocycles. The van der Waals surface area contributed by atoms with Gasteiger partial charge in [0, 0.05) is 22.9 Å². The number of nitrogens with two attached hydrogens (primary N) is 2. The quantitative estimate of drug-likeness (QED) is 0.258. The Morgan fingerprint density at radius 1 is 0.971 bits per heavy atom. The van der Waals surface area contributed by atoms with Crippen molar-refractivity contribution >= 4 is 45.6 Å². The van der Waals surface area contributed by atoms with Crippen LogP contribution in [0.4, 0.5) is 9.59 Å². The van der Waals surface area contributed by atoms with Gasteiger partial charge in [-0.25, -0.2) is 8.42 Å². The standard InChI is InChI=1S/C16H14N2O2S.C3H4.2CH3NOS.CH4.H2O/c1-21(19,20)15-10-6-5-9-13(15)14-11-17-18-16(14)12-7-3-2-4-8-12;1-3-2;2*2-1(3)4;;/h2-11H,1H3,(H,17,18);1H,2H3;2*(H3,2,3,4);1H4;1H2. The van der Waals surface area contributed by atoms with Crippen molar-refractivity contribution in [2.45, 2.75) is 19.2 Å². The second kappa shape index (κ2) is 18.2. The zero-order valence-corrected chi connectivity index (χ0v) is 20.5. The van der Waals surface area contributed by atoms with Crippen LogP contribution in [0.15, 0.2) is 65.7 Å². The number of carbonyl (C=O) groups is 2. The van der Waals surface area contributed by atoms with Crippen molar-refractivity contribution < 1.29 is 23.5 Å². The maximum atomic E-state index is 12.0. The lowest BCUT2D eigenvalue weighted by atomic mass is 10.0. The fourth-order valence-electron chi connectivity index (χ4n) is 2.33. The lowest BCUT2D eigenvalue weighted by Gasteiger charge is -2.08. The molecule has 0 radical (unpaired) electrons. The molecule has 2 aromatic carbocycles. The second-order valence-corrected chi connectivity index (χ2v) is 8.62. The summed E-state index contributed by atoms with van der Waals surface area (Å²) in [6.07, 6.45) is 7.47. The van der Waals surface area contributed by atoms with Crippen LogP contribution in [0.25, 0.3) is 22.4 Å². The molecule has 3 rings (SSSR count). The summed E-state index contributed by atoms with van der Waals surface area (Å²) in [6.45, 7) is 1.65. The average Bonchev–Trinajstić information content (AvgIpc) is 3.17. The molecule has 1 aromatic heterocycles. The first-order valence-corrected chi connectivity index (χ1v) is 11.5. The van der Waals surface area contributed by atoms with Crippen LogP contribution in [0.2, 0.25) is 0 Å². The smallest absolute Gasteiger partial charge is 0.273 e. The Morgan fingerprint density at radius 2 is 1.38 bits per heavy atom. The summed E-state index contributed by atoms with van der Waals surface area (Å²) in [5.41, 5.74) is 11.9. The zero-order valence-electron chi connectivity index (χ0n) is 17.9. The number of H-pyrrole nitrogens is 1. The number of benzene rings is 2. The van der Waals surface area contributed by atoms with E-state index in [0.717, 1.165) is 16.8 Å². The number of sulfone groups is 1. The number of rotatable bonds is 3. The number of terminal acetylenes is 1. The number of nitrogens with zero attached hydrogens (tertiary/aromatic N) is 1. The molecule has 0 bridgehead atoms. The lowest BCUT2D eigenvalue weighted by molar-refractivity contribution is 0.266. The van der Waals surface area contributed by atoms with E-state index in [4.69, 9.17) is 9.59 Å². The van der Waals surface area contributed by atoms with E-state index in [1.54, 1.807) is 31.3 Å². The van der Waals surface area contributed by atoms with E-state index in [9.17, 15) is 8.42 Å². The first-order chi connectivity index (χ1) is 14.9. The molecule has 12 heteroatoms. The Bertz CT molecular complexity index is 1140. The predicted molar refractivity (Wildman–Crippen MR) is 145 cm³/mol. The van der Waals surface area contributed by atoms with Gasteiger partial charge in [0.25, 0.3) is 10.5 Å². The van der Waals surface area contributed by atoms with Crippen molar-refractivity contribution in [3.05, 3.63) is 60.8 Å². The van der Waals surface area contributed by atoms with E-state index >= 15 is 0 Å². The largest absolute Gasteiger partial charge is 0.412 e. The van der Waals surface area contributed by atoms with Gasteiger partial charge in [-0.2, -0.15) is 5.10 Å². The van der Waals surface area contributed by atoms with Gasteiger partial charge in [-0.3, -0.25) is 14.7 Å². The van der Waals surface area contributed by atoms with E-state index in [0.29, 0.717) is 10.5 Å². The highest BCUT2D eigenvalue weighted by atomic mass is 32.2. The van der Waals surface area contributed by atoms with E-state index < -0.39 is 20.3 Å². The van der Waals surface area contributed by atoms with Crippen molar-refractivity contribution in [3.8, 4) is 34.7 Å². The molecule has 2 amide bonds. The Balaban J connectivity index is -0.000000630. The number of hydrogen-bond donors (Lipinski definition) is 5. The molecule has 9 nitrogen and oxygen atoms in total. The molecule has 0 fully saturated rings. The van der Waals surface area contributed by atoms with E-state index in [-0.39, 0.29) is 12.9 Å². The number of carbonyl (C=O) groups excluding carboxylic acids is 2. The fourth-order valence-corrected chi connectivity index (χ4v) is 3.23. The van der Waals surface area contributed by atoms with Gasteiger partial charge in [0.15, 0.2) is 9.84 Å². The Labute approximate surface area is 211 Å². The van der Waals surface area contributed by atoms with Crippen LogP contribution in [0, 0.1) is 12.3 Å². The summed E-state index contributed by atoms with van der Waals surface area (Å²) in [5.74, 6) is 2.25. The molecule has 0 aliphatic heterocycles. The number of hydrogen-bond acceptors (Lipinski definition) is 5. The minimum absolute atomic E-state index is 0. The SMILES string of the molecule is C.C#CC.CS(=O)(=O)c1ccccc1-c1cn[nH]c1-c1ccccc1.NC(=O)S.NC(=O)S.O. The van der Waals surface area contributed by atoms with Gasteiger partial charge in [0.2, 0.25) is 0 Å². The summed E-state index contributed by atoms with van der Waals surface area (Å²) < 4.78 is 23.9. The summed E-state index contributed by atoms with van der Waals surface area (Å²) in [5, 5.41) is 5.75. The Hall–Kier alpha value is -3.24. The predicted octanol–water partition coefficient (Wildman–Crippen LogP) is 3.59. The number of aromatic amines is 1. The van der Waals surface area contributed by atoms with Gasteiger partial charge in [-0.05, 0) is 13.0 Å². The minimum atomic E-state index is -3.30. The number of primary amides is 2. The number of amides is 2. The summed E-state index contributed by atoms with van der Waals surface area (Å²) in [4.78, 5) is 18.5. The molecule has 0 saturated heterocycles. The molecule has 0 unspecified atom stereocenters. The third-order valence-corrected chi connectivity index (χ3v) is 4.43. The maximum absolute atomic E-state index is 12.0. The fraction of sp³-hybridized carbons (Fsp3) is 0.136. The van der Waals surface area contributed by atoms with Gasteiger partial charge in [0.1, 0.15) is 0 Å². The van der Waals surface area contributed by atoms with Gasteiger partial charge < -0.3 is 16.9 Å². The van der Waals surface area contributed by atoms with Crippen LogP contribution in [0.3, 0.4) is 0 Å². The van der Waals surface area contributed by atoms with E-state index in [1.165, 1.54) is 6.26 Å². The van der Waals surface area contributed by atoms with Gasteiger partial charge in [0.05, 0.1) is 16.8 Å². The molecule has 0 spiro atoms. The zero-order chi connectivity index (χ0) is 24.7. The normalized spacial score (nSPS) is 8.79. The number of nitrogens with one attached hydrogen (secondary N) is 1. The molecular formula is C22H30N4O5S3. The van der Waals surface area contributed by atoms with Crippen LogP contribution in [-0.2, 0) is 9.84 Å². The van der Waals surface area contributed by atoms with Crippen LogP contribution in [-0.4, -0.2) is 40.8 Å². The molecular weight excluding hydrogens is 496 g/mol. The molecule has 0 atom stereocenters.